The summed E-state index contributed by atoms with van der Waals surface area (Å²) in [4.78, 5) is 14.5. The normalized spacial score (nSPS) is 22.9. The van der Waals surface area contributed by atoms with E-state index >= 15 is 0 Å². The zero-order valence-corrected chi connectivity index (χ0v) is 17.9. The summed E-state index contributed by atoms with van der Waals surface area (Å²) in [6.45, 7) is 2.31. The molecule has 0 unspecified atom stereocenters. The van der Waals surface area contributed by atoms with Gasteiger partial charge in [0.05, 0.1) is 36.1 Å². The average molecular weight is 440 g/mol. The van der Waals surface area contributed by atoms with E-state index in [0.717, 1.165) is 5.56 Å². The topological polar surface area (TPSA) is 82.8 Å². The lowest BCUT2D eigenvalue weighted by Gasteiger charge is -2.38. The Morgan fingerprint density at radius 3 is 2.68 bits per heavy atom. The molecular formula is C23H21FN2O4S. The first-order valence-corrected chi connectivity index (χ1v) is 10.8. The van der Waals surface area contributed by atoms with Gasteiger partial charge in [-0.15, -0.1) is 11.8 Å². The number of nitrogens with zero attached hydrogens (tertiary/aromatic N) is 2. The highest BCUT2D eigenvalue weighted by Crippen LogP contribution is 2.52. The number of hydrogen-bond acceptors (Lipinski definition) is 6. The third kappa shape index (κ3) is 3.54. The molecule has 2 heterocycles. The van der Waals surface area contributed by atoms with Crippen molar-refractivity contribution in [1.29, 1.82) is 5.26 Å². The third-order valence-electron chi connectivity index (χ3n) is 5.51. The van der Waals surface area contributed by atoms with Crippen molar-refractivity contribution in [3.05, 3.63) is 70.0 Å². The van der Waals surface area contributed by atoms with Gasteiger partial charge in [-0.25, -0.2) is 4.39 Å². The molecule has 2 aliphatic rings. The van der Waals surface area contributed by atoms with Crippen LogP contribution in [0.3, 0.4) is 0 Å². The second-order valence-electron chi connectivity index (χ2n) is 7.27. The Labute approximate surface area is 183 Å². The lowest BCUT2D eigenvalue weighted by atomic mass is 9.85. The lowest BCUT2D eigenvalue weighted by Crippen LogP contribution is -2.48. The Balaban J connectivity index is 1.77. The molecule has 31 heavy (non-hydrogen) atoms. The SMILES string of the molecule is CCOc1cc([C@@H]2CC(=O)N3C(=C2C#N)SC[C@]3(O)c2ccc(F)cc2)ccc1OC. The van der Waals surface area contributed by atoms with Crippen LogP contribution in [-0.4, -0.2) is 35.4 Å². The van der Waals surface area contributed by atoms with Crippen LogP contribution in [0.15, 0.2) is 53.1 Å². The number of halogens is 1. The number of benzene rings is 2. The standard InChI is InChI=1S/C23H21FN2O4S/c1-3-30-20-10-14(4-9-19(20)29-2)17-11-21(27)26-22(18(17)12-25)31-13-23(26,28)15-5-7-16(24)8-6-15/h4-10,17,28H,3,11,13H2,1-2H3/t17-,23-/m0/s1. The minimum absolute atomic E-state index is 0.0222. The highest BCUT2D eigenvalue weighted by Gasteiger charge is 2.51. The largest absolute Gasteiger partial charge is 0.493 e. The molecule has 2 aromatic carbocycles. The van der Waals surface area contributed by atoms with Gasteiger partial charge in [-0.2, -0.15) is 5.26 Å². The fraction of sp³-hybridized carbons (Fsp3) is 0.304. The molecule has 4 rings (SSSR count). The van der Waals surface area contributed by atoms with E-state index in [2.05, 4.69) is 6.07 Å². The molecule has 0 spiro atoms. The number of thioether (sulfide) groups is 1. The van der Waals surface area contributed by atoms with E-state index in [1.807, 2.05) is 13.0 Å². The highest BCUT2D eigenvalue weighted by atomic mass is 32.2. The number of amides is 1. The number of carbonyl (C=O) groups excluding carboxylic acids is 1. The first kappa shape index (κ1) is 21.2. The first-order valence-electron chi connectivity index (χ1n) is 9.82. The van der Waals surface area contributed by atoms with E-state index in [0.29, 0.717) is 34.3 Å². The number of ether oxygens (including phenoxy) is 2. The molecule has 1 saturated heterocycles. The second kappa shape index (κ2) is 8.25. The van der Waals surface area contributed by atoms with Gasteiger partial charge in [0.15, 0.2) is 17.2 Å². The molecule has 0 aliphatic carbocycles. The van der Waals surface area contributed by atoms with E-state index in [1.54, 1.807) is 19.2 Å². The molecule has 1 N–H and O–H groups in total. The van der Waals surface area contributed by atoms with E-state index in [9.17, 15) is 19.6 Å². The molecule has 2 atom stereocenters. The monoisotopic (exact) mass is 440 g/mol. The van der Waals surface area contributed by atoms with Gasteiger partial charge in [-0.05, 0) is 36.8 Å². The summed E-state index contributed by atoms with van der Waals surface area (Å²) in [5.74, 6) is 0.0791. The van der Waals surface area contributed by atoms with E-state index in [4.69, 9.17) is 9.47 Å². The van der Waals surface area contributed by atoms with Crippen LogP contribution in [0.4, 0.5) is 4.39 Å². The Hall–Kier alpha value is -3.02. The minimum Gasteiger partial charge on any atom is -0.493 e. The number of carbonyl (C=O) groups is 1. The fourth-order valence-corrected chi connectivity index (χ4v) is 5.38. The summed E-state index contributed by atoms with van der Waals surface area (Å²) in [6, 6.07) is 13.0. The highest BCUT2D eigenvalue weighted by molar-refractivity contribution is 8.03. The zero-order chi connectivity index (χ0) is 22.2. The van der Waals surface area contributed by atoms with Crippen molar-refractivity contribution in [2.75, 3.05) is 19.5 Å². The molecule has 1 fully saturated rings. The van der Waals surface area contributed by atoms with Crippen LogP contribution in [0.25, 0.3) is 0 Å². The maximum absolute atomic E-state index is 13.4. The lowest BCUT2D eigenvalue weighted by molar-refractivity contribution is -0.149. The van der Waals surface area contributed by atoms with Crippen molar-refractivity contribution in [3.63, 3.8) is 0 Å². The second-order valence-corrected chi connectivity index (χ2v) is 8.24. The predicted octanol–water partition coefficient (Wildman–Crippen LogP) is 3.88. The van der Waals surface area contributed by atoms with Gasteiger partial charge in [0, 0.05) is 17.9 Å². The number of allylic oxidation sites excluding steroid dienone is 1. The molecule has 8 heteroatoms. The Bertz CT molecular complexity index is 1100. The van der Waals surface area contributed by atoms with Crippen molar-refractivity contribution in [3.8, 4) is 17.6 Å². The van der Waals surface area contributed by atoms with Crippen molar-refractivity contribution >= 4 is 17.7 Å². The minimum atomic E-state index is -1.63. The maximum atomic E-state index is 13.4. The predicted molar refractivity (Wildman–Crippen MR) is 114 cm³/mol. The first-order chi connectivity index (χ1) is 14.9. The number of aliphatic hydroxyl groups is 1. The summed E-state index contributed by atoms with van der Waals surface area (Å²) >= 11 is 1.25. The van der Waals surface area contributed by atoms with Gasteiger partial charge >= 0.3 is 0 Å². The van der Waals surface area contributed by atoms with Crippen molar-refractivity contribution in [2.24, 2.45) is 0 Å². The van der Waals surface area contributed by atoms with Crippen LogP contribution in [0.1, 0.15) is 30.4 Å². The maximum Gasteiger partial charge on any atom is 0.231 e. The van der Waals surface area contributed by atoms with Crippen LogP contribution >= 0.6 is 11.8 Å². The molecule has 2 aliphatic heterocycles. The van der Waals surface area contributed by atoms with E-state index < -0.39 is 17.5 Å². The number of fused-ring (bicyclic) bond motifs is 1. The Morgan fingerprint density at radius 1 is 1.29 bits per heavy atom. The van der Waals surface area contributed by atoms with Crippen LogP contribution in [0, 0.1) is 17.1 Å². The van der Waals surface area contributed by atoms with Gasteiger partial charge in [0.1, 0.15) is 5.82 Å². The van der Waals surface area contributed by atoms with Crippen LogP contribution in [-0.2, 0) is 10.5 Å². The smallest absolute Gasteiger partial charge is 0.231 e. The molecule has 6 nitrogen and oxygen atoms in total. The molecular weight excluding hydrogens is 419 g/mol. The van der Waals surface area contributed by atoms with E-state index in [1.165, 1.54) is 40.9 Å². The molecule has 0 aromatic heterocycles. The number of hydrogen-bond donors (Lipinski definition) is 1. The summed E-state index contributed by atoms with van der Waals surface area (Å²) in [5.41, 5.74) is -0.0493. The third-order valence-corrected chi connectivity index (χ3v) is 6.73. The average Bonchev–Trinajstić information content (AvgIpc) is 3.13. The molecule has 0 bridgehead atoms. The van der Waals surface area contributed by atoms with E-state index in [-0.39, 0.29) is 18.1 Å². The molecule has 2 aromatic rings. The van der Waals surface area contributed by atoms with Crippen molar-refractivity contribution in [2.45, 2.75) is 25.0 Å². The summed E-state index contributed by atoms with van der Waals surface area (Å²) in [5, 5.41) is 21.7. The van der Waals surface area contributed by atoms with Gasteiger partial charge in [-0.1, -0.05) is 18.2 Å². The van der Waals surface area contributed by atoms with Crippen molar-refractivity contribution < 1.29 is 23.8 Å². The molecule has 1 amide bonds. The number of methoxy groups -OCH3 is 1. The quantitative estimate of drug-likeness (QED) is 0.760. The Kier molecular flexibility index (Phi) is 5.65. The fourth-order valence-electron chi connectivity index (χ4n) is 4.02. The summed E-state index contributed by atoms with van der Waals surface area (Å²) < 4.78 is 24.3. The van der Waals surface area contributed by atoms with Gasteiger partial charge in [-0.3, -0.25) is 9.69 Å². The van der Waals surface area contributed by atoms with Gasteiger partial charge < -0.3 is 14.6 Å². The summed E-state index contributed by atoms with van der Waals surface area (Å²) in [6.07, 6.45) is 0.0222. The van der Waals surface area contributed by atoms with Crippen molar-refractivity contribution in [1.82, 2.24) is 4.90 Å². The summed E-state index contributed by atoms with van der Waals surface area (Å²) in [7, 11) is 1.55. The molecule has 0 saturated carbocycles. The molecule has 160 valence electrons. The number of rotatable bonds is 5. The zero-order valence-electron chi connectivity index (χ0n) is 17.1. The van der Waals surface area contributed by atoms with Crippen LogP contribution < -0.4 is 9.47 Å². The molecule has 0 radical (unpaired) electrons. The van der Waals surface area contributed by atoms with Crippen LogP contribution in [0.2, 0.25) is 0 Å². The van der Waals surface area contributed by atoms with Crippen LogP contribution in [0.5, 0.6) is 11.5 Å². The van der Waals surface area contributed by atoms with Gasteiger partial charge in [0.2, 0.25) is 5.91 Å². The number of nitriles is 1. The Morgan fingerprint density at radius 2 is 2.03 bits per heavy atom. The van der Waals surface area contributed by atoms with Gasteiger partial charge in [0.25, 0.3) is 0 Å².